The Morgan fingerprint density at radius 2 is 1.25 bits per heavy atom. The molecule has 40 heavy (non-hydrogen) atoms. The molecule has 0 saturated carbocycles. The Bertz CT molecular complexity index is 1250. The first-order chi connectivity index (χ1) is 19.5. The Labute approximate surface area is 274 Å². The van der Waals surface area contributed by atoms with Gasteiger partial charge in [-0.05, 0) is 115 Å². The van der Waals surface area contributed by atoms with Crippen molar-refractivity contribution in [3.8, 4) is 11.1 Å². The average molecular weight is 752 g/mol. The van der Waals surface area contributed by atoms with Gasteiger partial charge >= 0.3 is 0 Å². The van der Waals surface area contributed by atoms with E-state index in [0.29, 0.717) is 0 Å². The highest BCUT2D eigenvalue weighted by Gasteiger charge is 2.44. The molecule has 1 aliphatic carbocycles. The normalized spacial score (nSPS) is 13.7. The van der Waals surface area contributed by atoms with E-state index in [-0.39, 0.29) is 5.41 Å². The highest BCUT2D eigenvalue weighted by Crippen LogP contribution is 2.58. The fraction of sp³-hybridized carbons (Fsp3) is 0.556. The monoisotopic (exact) mass is 748 g/mol. The molecule has 4 rings (SSSR count). The van der Waals surface area contributed by atoms with Crippen LogP contribution < -0.4 is 0 Å². The predicted octanol–water partition coefficient (Wildman–Crippen LogP) is 13.8. The molecule has 0 aliphatic heterocycles. The highest BCUT2D eigenvalue weighted by atomic mass is 79.9. The lowest BCUT2D eigenvalue weighted by Gasteiger charge is -2.34. The van der Waals surface area contributed by atoms with Gasteiger partial charge in [-0.2, -0.15) is 12.6 Å². The van der Waals surface area contributed by atoms with Crippen LogP contribution in [0, 0.1) is 0 Å². The quantitative estimate of drug-likeness (QED) is 0.103. The second kappa shape index (κ2) is 16.0. The molecule has 0 saturated heterocycles. The highest BCUT2D eigenvalue weighted by molar-refractivity contribution is 9.13. The second-order valence-corrected chi connectivity index (χ2v) is 14.9. The Morgan fingerprint density at radius 1 is 0.650 bits per heavy atom. The van der Waals surface area contributed by atoms with Crippen LogP contribution in [0.4, 0.5) is 0 Å². The first kappa shape index (κ1) is 32.6. The summed E-state index contributed by atoms with van der Waals surface area (Å²) in [6.07, 6.45) is 20.8. The number of rotatable bonds is 17. The van der Waals surface area contributed by atoms with Crippen LogP contribution in [0.15, 0.2) is 49.8 Å². The van der Waals surface area contributed by atoms with Crippen molar-refractivity contribution in [2.24, 2.45) is 0 Å². The van der Waals surface area contributed by atoms with E-state index < -0.39 is 0 Å². The molecule has 0 atom stereocenters. The number of thiol groups is 1. The van der Waals surface area contributed by atoms with Crippen molar-refractivity contribution in [3.05, 3.63) is 66.5 Å². The summed E-state index contributed by atoms with van der Waals surface area (Å²) in [5.41, 5.74) is 7.59. The average Bonchev–Trinajstić information content (AvgIpc) is 3.19. The van der Waals surface area contributed by atoms with Crippen molar-refractivity contribution < 1.29 is 0 Å². The van der Waals surface area contributed by atoms with Gasteiger partial charge in [0.2, 0.25) is 0 Å². The van der Waals surface area contributed by atoms with Gasteiger partial charge in [-0.3, -0.25) is 0 Å². The van der Waals surface area contributed by atoms with Gasteiger partial charge in [0.1, 0.15) is 0 Å². The van der Waals surface area contributed by atoms with Crippen LogP contribution in [0.2, 0.25) is 0 Å². The smallest absolute Gasteiger partial charge is 0.0323 e. The van der Waals surface area contributed by atoms with Gasteiger partial charge in [0.05, 0.1) is 0 Å². The maximum Gasteiger partial charge on any atom is 0.0323 e. The molecule has 3 aromatic carbocycles. The number of halogens is 3. The van der Waals surface area contributed by atoms with Crippen LogP contribution in [-0.4, -0.2) is 5.75 Å². The third-order valence-electron chi connectivity index (χ3n) is 9.08. The molecule has 0 nitrogen and oxygen atoms in total. The summed E-state index contributed by atoms with van der Waals surface area (Å²) in [6, 6.07) is 14.3. The van der Waals surface area contributed by atoms with Crippen LogP contribution >= 0.6 is 60.4 Å². The Balaban J connectivity index is 1.85. The van der Waals surface area contributed by atoms with Crippen molar-refractivity contribution in [3.63, 3.8) is 0 Å². The van der Waals surface area contributed by atoms with Gasteiger partial charge in [-0.25, -0.2) is 0 Å². The van der Waals surface area contributed by atoms with Gasteiger partial charge in [-0.1, -0.05) is 125 Å². The molecule has 218 valence electrons. The fourth-order valence-electron chi connectivity index (χ4n) is 7.01. The number of benzene rings is 3. The number of aryl methyl sites for hydroxylation is 1. The first-order valence-electron chi connectivity index (χ1n) is 15.8. The summed E-state index contributed by atoms with van der Waals surface area (Å²) in [4.78, 5) is 0. The van der Waals surface area contributed by atoms with Crippen molar-refractivity contribution in [2.45, 2.75) is 122 Å². The molecule has 0 amide bonds. The lowest BCUT2D eigenvalue weighted by atomic mass is 9.70. The van der Waals surface area contributed by atoms with Gasteiger partial charge in [0.15, 0.2) is 0 Å². The van der Waals surface area contributed by atoms with E-state index in [1.54, 1.807) is 11.1 Å². The second-order valence-electron chi connectivity index (χ2n) is 11.9. The molecule has 0 heterocycles. The van der Waals surface area contributed by atoms with Gasteiger partial charge < -0.3 is 0 Å². The maximum atomic E-state index is 4.59. The van der Waals surface area contributed by atoms with Crippen LogP contribution in [0.1, 0.15) is 127 Å². The maximum absolute atomic E-state index is 4.59. The van der Waals surface area contributed by atoms with E-state index in [9.17, 15) is 0 Å². The topological polar surface area (TPSA) is 0 Å². The van der Waals surface area contributed by atoms with E-state index >= 15 is 0 Å². The minimum absolute atomic E-state index is 0.0720. The molecule has 0 bridgehead atoms. The molecule has 0 aromatic heterocycles. The van der Waals surface area contributed by atoms with Gasteiger partial charge in [0.25, 0.3) is 0 Å². The zero-order valence-electron chi connectivity index (χ0n) is 24.6. The lowest BCUT2D eigenvalue weighted by Crippen LogP contribution is -2.26. The number of hydrogen-bond acceptors (Lipinski definition) is 1. The molecule has 4 heteroatoms. The first-order valence-corrected chi connectivity index (χ1v) is 18.8. The summed E-state index contributed by atoms with van der Waals surface area (Å²) in [7, 11) is 0. The molecular formula is C36H47Br3S. The van der Waals surface area contributed by atoms with Crippen molar-refractivity contribution in [1.82, 2.24) is 0 Å². The molecule has 3 aromatic rings. The van der Waals surface area contributed by atoms with E-state index in [2.05, 4.69) is 111 Å². The number of unbranched alkanes of at least 4 members (excludes halogenated alkanes) is 10. The molecule has 1 aliphatic rings. The summed E-state index contributed by atoms with van der Waals surface area (Å²) in [5.74, 6) is 0.924. The minimum atomic E-state index is 0.0720. The van der Waals surface area contributed by atoms with Crippen molar-refractivity contribution >= 4 is 71.2 Å². The molecule has 0 spiro atoms. The van der Waals surface area contributed by atoms with Crippen LogP contribution in [0.25, 0.3) is 21.9 Å². The zero-order chi connectivity index (χ0) is 28.5. The molecule has 0 fully saturated rings. The summed E-state index contributed by atoms with van der Waals surface area (Å²) in [6.45, 7) is 4.62. The van der Waals surface area contributed by atoms with E-state index in [4.69, 9.17) is 0 Å². The predicted molar refractivity (Wildman–Crippen MR) is 191 cm³/mol. The molecule has 0 N–H and O–H groups in total. The largest absolute Gasteiger partial charge is 0.179 e. The summed E-state index contributed by atoms with van der Waals surface area (Å²) >= 11 is 16.4. The number of fused-ring (bicyclic) bond motifs is 5. The summed E-state index contributed by atoms with van der Waals surface area (Å²) < 4.78 is 3.54. The SMILES string of the molecule is CCCCCCCCC1(CCCCCCCC)c2cc(Br)c(Br)cc2-c2c1cc(CCCS)c1cccc(Br)c21. The molecular weight excluding hydrogens is 704 g/mol. The Kier molecular flexibility index (Phi) is 13.0. The van der Waals surface area contributed by atoms with Crippen molar-refractivity contribution in [1.29, 1.82) is 0 Å². The Hall–Kier alpha value is -0.290. The van der Waals surface area contributed by atoms with Crippen LogP contribution in [0.3, 0.4) is 0 Å². The zero-order valence-corrected chi connectivity index (χ0v) is 30.2. The third kappa shape index (κ3) is 7.25. The van der Waals surface area contributed by atoms with Gasteiger partial charge in [0, 0.05) is 24.2 Å². The van der Waals surface area contributed by atoms with Crippen LogP contribution in [-0.2, 0) is 11.8 Å². The standard InChI is InChI=1S/C36H47Br3S/c1-3-5-7-9-11-13-20-36(21-14-12-10-8-6-4-2)29-25-33(39)32(38)24-28(29)34-30(36)23-26(17-16-22-40)27-18-15-19-31(37)35(27)34/h15,18-19,23-25,40H,3-14,16-17,20-22H2,1-2H3. The molecule has 0 unspecified atom stereocenters. The summed E-state index contributed by atoms with van der Waals surface area (Å²) in [5, 5.41) is 2.80. The third-order valence-corrected chi connectivity index (χ3v) is 11.9. The van der Waals surface area contributed by atoms with E-state index in [0.717, 1.165) is 23.1 Å². The van der Waals surface area contributed by atoms with Gasteiger partial charge in [-0.15, -0.1) is 0 Å². The van der Waals surface area contributed by atoms with Crippen LogP contribution in [0.5, 0.6) is 0 Å². The lowest BCUT2D eigenvalue weighted by molar-refractivity contribution is 0.397. The minimum Gasteiger partial charge on any atom is -0.179 e. The van der Waals surface area contributed by atoms with E-state index in [1.165, 1.54) is 126 Å². The fourth-order valence-corrected chi connectivity index (χ4v) is 8.42. The Morgan fingerprint density at radius 3 is 1.88 bits per heavy atom. The van der Waals surface area contributed by atoms with Crippen molar-refractivity contribution in [2.75, 3.05) is 5.75 Å². The van der Waals surface area contributed by atoms with E-state index in [1.807, 2.05) is 0 Å². The number of hydrogen-bond donors (Lipinski definition) is 1. The molecule has 0 radical (unpaired) electrons.